The van der Waals surface area contributed by atoms with Gasteiger partial charge in [0.05, 0.1) is 19.1 Å². The fourth-order valence-electron chi connectivity index (χ4n) is 3.31. The lowest BCUT2D eigenvalue weighted by atomic mass is 9.83. The molecule has 0 saturated heterocycles. The van der Waals surface area contributed by atoms with Gasteiger partial charge in [-0.3, -0.25) is 0 Å². The van der Waals surface area contributed by atoms with Crippen molar-refractivity contribution in [1.82, 2.24) is 0 Å². The molecule has 6 nitrogen and oxygen atoms in total. The van der Waals surface area contributed by atoms with Crippen LogP contribution in [0.2, 0.25) is 0 Å². The number of allylic oxidation sites excluding steroid dienone is 1. The number of ether oxygens (including phenoxy) is 3. The molecule has 3 rings (SSSR count). The van der Waals surface area contributed by atoms with Crippen molar-refractivity contribution in [1.29, 1.82) is 5.26 Å². The molecule has 1 aliphatic rings. The second-order valence-corrected chi connectivity index (χ2v) is 7.39. The van der Waals surface area contributed by atoms with E-state index < -0.39 is 0 Å². The van der Waals surface area contributed by atoms with Gasteiger partial charge in [0, 0.05) is 17.3 Å². The Hall–Kier alpha value is -3.33. The molecule has 0 fully saturated rings. The third-order valence-corrected chi connectivity index (χ3v) is 4.80. The minimum Gasteiger partial charge on any atom is -0.490 e. The van der Waals surface area contributed by atoms with Crippen molar-refractivity contribution in [2.24, 2.45) is 11.7 Å². The first kappa shape index (κ1) is 20.4. The molecule has 0 radical (unpaired) electrons. The monoisotopic (exact) mass is 393 g/mol. The van der Waals surface area contributed by atoms with Crippen molar-refractivity contribution in [3.05, 3.63) is 59.0 Å². The summed E-state index contributed by atoms with van der Waals surface area (Å²) >= 11 is 0. The molecule has 0 amide bonds. The summed E-state index contributed by atoms with van der Waals surface area (Å²) in [4.78, 5) is 0. The minimum atomic E-state index is -0.367. The Bertz CT molecular complexity index is 960. The van der Waals surface area contributed by atoms with Gasteiger partial charge in [0.1, 0.15) is 17.4 Å². The lowest BCUT2D eigenvalue weighted by Crippen LogP contribution is -2.21. The molecule has 0 aromatic heterocycles. The molecule has 29 heavy (non-hydrogen) atoms. The summed E-state index contributed by atoms with van der Waals surface area (Å²) in [6.45, 7) is 7.37. The van der Waals surface area contributed by atoms with Crippen LogP contribution in [0.15, 0.2) is 47.9 Å². The quantitative estimate of drug-likeness (QED) is 0.679. The van der Waals surface area contributed by atoms with Crippen LogP contribution in [0.5, 0.6) is 17.2 Å². The van der Waals surface area contributed by atoms with E-state index in [-0.39, 0.29) is 11.8 Å². The van der Waals surface area contributed by atoms with Gasteiger partial charge in [0.15, 0.2) is 11.5 Å². The number of fused-ring (bicyclic) bond motifs is 1. The molecular formula is C23H27N3O3. The summed E-state index contributed by atoms with van der Waals surface area (Å²) in [6.07, 6.45) is 0.958. The number of hydrogen-bond acceptors (Lipinski definition) is 6. The predicted molar refractivity (Wildman–Crippen MR) is 113 cm³/mol. The molecule has 0 spiro atoms. The molecule has 0 aliphatic carbocycles. The van der Waals surface area contributed by atoms with Crippen LogP contribution in [-0.4, -0.2) is 13.2 Å². The van der Waals surface area contributed by atoms with E-state index in [1.54, 1.807) is 12.1 Å². The maximum absolute atomic E-state index is 9.72. The van der Waals surface area contributed by atoms with Gasteiger partial charge in [0.2, 0.25) is 5.88 Å². The Balaban J connectivity index is 2.02. The van der Waals surface area contributed by atoms with Crippen LogP contribution in [0.3, 0.4) is 0 Å². The van der Waals surface area contributed by atoms with Gasteiger partial charge < -0.3 is 25.7 Å². The van der Waals surface area contributed by atoms with Gasteiger partial charge in [-0.05, 0) is 43.0 Å². The standard InChI is InChI=1S/C23H27N3O3/c1-4-27-21-11-15(5-8-19(21)28-10-9-14(2)3)22-17-7-6-16(25)12-20(17)29-23(26)18(22)13-24/h5-8,11-12,14,22H,4,9-10,25-26H2,1-3H3/t22-/m1/s1. The first-order valence-electron chi connectivity index (χ1n) is 9.81. The van der Waals surface area contributed by atoms with E-state index in [0.29, 0.717) is 47.6 Å². The van der Waals surface area contributed by atoms with Crippen LogP contribution in [0.4, 0.5) is 5.69 Å². The number of hydrogen-bond donors (Lipinski definition) is 2. The Morgan fingerprint density at radius 2 is 1.90 bits per heavy atom. The summed E-state index contributed by atoms with van der Waals surface area (Å²) in [5.41, 5.74) is 14.6. The maximum Gasteiger partial charge on any atom is 0.205 e. The summed E-state index contributed by atoms with van der Waals surface area (Å²) < 4.78 is 17.4. The highest BCUT2D eigenvalue weighted by molar-refractivity contribution is 5.60. The van der Waals surface area contributed by atoms with Crippen LogP contribution in [0, 0.1) is 17.2 Å². The zero-order chi connectivity index (χ0) is 21.0. The lowest BCUT2D eigenvalue weighted by Gasteiger charge is -2.27. The van der Waals surface area contributed by atoms with Crippen molar-refractivity contribution >= 4 is 5.69 Å². The van der Waals surface area contributed by atoms with Gasteiger partial charge in [-0.1, -0.05) is 26.0 Å². The van der Waals surface area contributed by atoms with Crippen LogP contribution < -0.4 is 25.7 Å². The van der Waals surface area contributed by atoms with Crippen LogP contribution in [0.1, 0.15) is 44.2 Å². The van der Waals surface area contributed by atoms with E-state index in [0.717, 1.165) is 17.5 Å². The van der Waals surface area contributed by atoms with E-state index >= 15 is 0 Å². The Labute approximate surface area is 171 Å². The average molecular weight is 393 g/mol. The summed E-state index contributed by atoms with van der Waals surface area (Å²) in [5.74, 6) is 2.17. The van der Waals surface area contributed by atoms with E-state index in [4.69, 9.17) is 25.7 Å². The first-order valence-corrected chi connectivity index (χ1v) is 9.81. The highest BCUT2D eigenvalue weighted by Crippen LogP contribution is 2.44. The van der Waals surface area contributed by atoms with Gasteiger partial charge in [-0.15, -0.1) is 0 Å². The maximum atomic E-state index is 9.72. The topological polar surface area (TPSA) is 104 Å². The lowest BCUT2D eigenvalue weighted by molar-refractivity contribution is 0.261. The molecular weight excluding hydrogens is 366 g/mol. The summed E-state index contributed by atoms with van der Waals surface area (Å²) in [7, 11) is 0. The van der Waals surface area contributed by atoms with E-state index in [9.17, 15) is 5.26 Å². The van der Waals surface area contributed by atoms with E-state index in [2.05, 4.69) is 19.9 Å². The van der Waals surface area contributed by atoms with Crippen LogP contribution >= 0.6 is 0 Å². The normalized spacial score (nSPS) is 15.5. The third kappa shape index (κ3) is 4.40. The highest BCUT2D eigenvalue weighted by Gasteiger charge is 2.31. The fourth-order valence-corrected chi connectivity index (χ4v) is 3.31. The molecule has 2 aromatic rings. The summed E-state index contributed by atoms with van der Waals surface area (Å²) in [5, 5.41) is 9.72. The number of nitrogen functional groups attached to an aromatic ring is 1. The average Bonchev–Trinajstić information content (AvgIpc) is 2.67. The molecule has 0 bridgehead atoms. The molecule has 1 atom stereocenters. The summed E-state index contributed by atoms with van der Waals surface area (Å²) in [6, 6.07) is 13.3. The second-order valence-electron chi connectivity index (χ2n) is 7.39. The highest BCUT2D eigenvalue weighted by atomic mass is 16.5. The molecule has 1 aliphatic heterocycles. The van der Waals surface area contributed by atoms with Gasteiger partial charge in [-0.2, -0.15) is 5.26 Å². The third-order valence-electron chi connectivity index (χ3n) is 4.80. The zero-order valence-corrected chi connectivity index (χ0v) is 17.1. The van der Waals surface area contributed by atoms with Gasteiger partial charge >= 0.3 is 0 Å². The first-order chi connectivity index (χ1) is 13.9. The number of benzene rings is 2. The predicted octanol–water partition coefficient (Wildman–Crippen LogP) is 4.31. The van der Waals surface area contributed by atoms with E-state index in [1.807, 2.05) is 31.2 Å². The second kappa shape index (κ2) is 8.78. The largest absolute Gasteiger partial charge is 0.490 e. The Kier molecular flexibility index (Phi) is 6.18. The molecule has 6 heteroatoms. The zero-order valence-electron chi connectivity index (χ0n) is 17.1. The van der Waals surface area contributed by atoms with Gasteiger partial charge in [-0.25, -0.2) is 0 Å². The Morgan fingerprint density at radius 3 is 2.59 bits per heavy atom. The van der Waals surface area contributed by atoms with Crippen molar-refractivity contribution in [3.63, 3.8) is 0 Å². The Morgan fingerprint density at radius 1 is 1.10 bits per heavy atom. The SMILES string of the molecule is CCOc1cc([C@H]2C(C#N)=C(N)Oc3cc(N)ccc32)ccc1OCCC(C)C. The number of anilines is 1. The molecule has 0 saturated carbocycles. The fraction of sp³-hybridized carbons (Fsp3) is 0.348. The number of nitriles is 1. The van der Waals surface area contributed by atoms with Crippen molar-refractivity contribution in [2.75, 3.05) is 18.9 Å². The molecule has 4 N–H and O–H groups in total. The van der Waals surface area contributed by atoms with Crippen LogP contribution in [-0.2, 0) is 0 Å². The molecule has 2 aromatic carbocycles. The number of nitrogens with zero attached hydrogens (tertiary/aromatic N) is 1. The smallest absolute Gasteiger partial charge is 0.205 e. The van der Waals surface area contributed by atoms with E-state index in [1.165, 1.54) is 0 Å². The minimum absolute atomic E-state index is 0.0887. The van der Waals surface area contributed by atoms with Gasteiger partial charge in [0.25, 0.3) is 0 Å². The molecule has 0 unspecified atom stereocenters. The van der Waals surface area contributed by atoms with Crippen molar-refractivity contribution in [3.8, 4) is 23.3 Å². The van der Waals surface area contributed by atoms with Crippen LogP contribution in [0.25, 0.3) is 0 Å². The van der Waals surface area contributed by atoms with Crippen molar-refractivity contribution in [2.45, 2.75) is 33.1 Å². The number of rotatable bonds is 7. The molecule has 1 heterocycles. The van der Waals surface area contributed by atoms with Crippen molar-refractivity contribution < 1.29 is 14.2 Å². The molecule has 152 valence electrons. The number of nitrogens with two attached hydrogens (primary N) is 2.